The SMILES string of the molecule is O=S1(=O)C(CO)=Nc2ccccc21. The van der Waals surface area contributed by atoms with Gasteiger partial charge in [0.15, 0.2) is 5.04 Å². The van der Waals surface area contributed by atoms with Gasteiger partial charge < -0.3 is 5.11 Å². The first kappa shape index (κ1) is 8.40. The predicted molar refractivity (Wildman–Crippen MR) is 47.8 cm³/mol. The van der Waals surface area contributed by atoms with E-state index in [1.807, 2.05) is 0 Å². The summed E-state index contributed by atoms with van der Waals surface area (Å²) in [5.74, 6) is 0. The number of sulfone groups is 1. The molecule has 0 saturated heterocycles. The first-order valence-electron chi connectivity index (χ1n) is 3.69. The fourth-order valence-corrected chi connectivity index (χ4v) is 2.51. The highest BCUT2D eigenvalue weighted by molar-refractivity contribution is 8.07. The van der Waals surface area contributed by atoms with Gasteiger partial charge >= 0.3 is 0 Å². The molecule has 0 fully saturated rings. The van der Waals surface area contributed by atoms with Crippen LogP contribution in [0.25, 0.3) is 0 Å². The monoisotopic (exact) mass is 197 g/mol. The molecular weight excluding hydrogens is 190 g/mol. The minimum Gasteiger partial charge on any atom is -0.389 e. The van der Waals surface area contributed by atoms with Crippen molar-refractivity contribution < 1.29 is 13.5 Å². The van der Waals surface area contributed by atoms with Gasteiger partial charge in [0.1, 0.15) is 0 Å². The number of aliphatic imine (C=N–C) groups is 1. The van der Waals surface area contributed by atoms with Crippen LogP contribution in [0.2, 0.25) is 0 Å². The van der Waals surface area contributed by atoms with E-state index in [9.17, 15) is 8.42 Å². The van der Waals surface area contributed by atoms with Crippen molar-refractivity contribution in [2.24, 2.45) is 4.99 Å². The van der Waals surface area contributed by atoms with Gasteiger partial charge in [0.2, 0.25) is 9.84 Å². The van der Waals surface area contributed by atoms with Crippen molar-refractivity contribution >= 4 is 20.6 Å². The molecule has 0 amide bonds. The molecule has 1 aliphatic rings. The molecule has 1 aromatic rings. The molecule has 2 rings (SSSR count). The number of rotatable bonds is 1. The molecule has 0 aliphatic carbocycles. The third-order valence-corrected chi connectivity index (χ3v) is 3.61. The molecule has 0 radical (unpaired) electrons. The summed E-state index contributed by atoms with van der Waals surface area (Å²) < 4.78 is 23.0. The molecule has 1 aliphatic heterocycles. The molecule has 1 aromatic carbocycles. The van der Waals surface area contributed by atoms with Crippen molar-refractivity contribution in [1.29, 1.82) is 0 Å². The molecule has 0 aromatic heterocycles. The number of benzene rings is 1. The molecule has 5 heteroatoms. The van der Waals surface area contributed by atoms with Crippen LogP contribution < -0.4 is 0 Å². The lowest BCUT2D eigenvalue weighted by molar-refractivity contribution is 0.359. The van der Waals surface area contributed by atoms with Gasteiger partial charge in [0.05, 0.1) is 17.2 Å². The quantitative estimate of drug-likeness (QED) is 0.712. The molecule has 0 unspecified atom stereocenters. The number of hydrogen-bond donors (Lipinski definition) is 1. The third kappa shape index (κ3) is 1.08. The van der Waals surface area contributed by atoms with Gasteiger partial charge in [-0.2, -0.15) is 0 Å². The van der Waals surface area contributed by atoms with E-state index < -0.39 is 16.4 Å². The van der Waals surface area contributed by atoms with Crippen LogP contribution in [-0.4, -0.2) is 25.2 Å². The summed E-state index contributed by atoms with van der Waals surface area (Å²) >= 11 is 0. The van der Waals surface area contributed by atoms with Crippen LogP contribution in [0.1, 0.15) is 0 Å². The van der Waals surface area contributed by atoms with Crippen molar-refractivity contribution in [2.45, 2.75) is 4.90 Å². The minimum absolute atomic E-state index is 0.172. The Labute approximate surface area is 75.5 Å². The van der Waals surface area contributed by atoms with Crippen molar-refractivity contribution in [3.63, 3.8) is 0 Å². The van der Waals surface area contributed by atoms with Gasteiger partial charge in [0, 0.05) is 0 Å². The van der Waals surface area contributed by atoms with Crippen molar-refractivity contribution in [2.75, 3.05) is 6.61 Å². The molecule has 1 N–H and O–H groups in total. The topological polar surface area (TPSA) is 66.7 Å². The molecule has 0 atom stereocenters. The summed E-state index contributed by atoms with van der Waals surface area (Å²) in [4.78, 5) is 3.98. The fraction of sp³-hybridized carbons (Fsp3) is 0.125. The Kier molecular flexibility index (Phi) is 1.71. The van der Waals surface area contributed by atoms with E-state index in [1.165, 1.54) is 6.07 Å². The first-order valence-corrected chi connectivity index (χ1v) is 5.17. The van der Waals surface area contributed by atoms with E-state index in [2.05, 4.69) is 4.99 Å². The maximum atomic E-state index is 11.5. The average molecular weight is 197 g/mol. The highest BCUT2D eigenvalue weighted by Gasteiger charge is 2.30. The second-order valence-electron chi connectivity index (χ2n) is 2.63. The molecule has 0 saturated carbocycles. The van der Waals surface area contributed by atoms with E-state index in [4.69, 9.17) is 5.11 Å². The number of aliphatic hydroxyl groups is 1. The lowest BCUT2D eigenvalue weighted by Gasteiger charge is -1.95. The zero-order valence-electron chi connectivity index (χ0n) is 6.64. The van der Waals surface area contributed by atoms with E-state index in [0.717, 1.165) is 0 Å². The van der Waals surface area contributed by atoms with Gasteiger partial charge in [-0.3, -0.25) is 0 Å². The summed E-state index contributed by atoms with van der Waals surface area (Å²) in [6.07, 6.45) is 0. The second kappa shape index (κ2) is 2.65. The highest BCUT2D eigenvalue weighted by Crippen LogP contribution is 2.31. The Morgan fingerprint density at radius 3 is 2.62 bits per heavy atom. The number of para-hydroxylation sites is 1. The van der Waals surface area contributed by atoms with Gasteiger partial charge in [-0.15, -0.1) is 0 Å². The standard InChI is InChI=1S/C8H7NO3S/c10-5-8-9-6-3-1-2-4-7(6)13(8,11)12/h1-4,10H,5H2. The van der Waals surface area contributed by atoms with E-state index in [0.29, 0.717) is 5.69 Å². The van der Waals surface area contributed by atoms with Gasteiger partial charge in [-0.1, -0.05) is 12.1 Å². The van der Waals surface area contributed by atoms with Crippen LogP contribution in [-0.2, 0) is 9.84 Å². The van der Waals surface area contributed by atoms with Crippen LogP contribution in [0.15, 0.2) is 34.2 Å². The summed E-state index contributed by atoms with van der Waals surface area (Å²) in [7, 11) is -3.50. The van der Waals surface area contributed by atoms with Gasteiger partial charge in [-0.25, -0.2) is 13.4 Å². The number of hydrogen-bond acceptors (Lipinski definition) is 4. The van der Waals surface area contributed by atoms with Crippen LogP contribution in [0.5, 0.6) is 0 Å². The zero-order chi connectivity index (χ0) is 9.47. The summed E-state index contributed by atoms with van der Waals surface area (Å²) in [6, 6.07) is 6.43. The molecule has 0 bridgehead atoms. The molecule has 0 spiro atoms. The van der Waals surface area contributed by atoms with Gasteiger partial charge in [0.25, 0.3) is 0 Å². The van der Waals surface area contributed by atoms with Crippen LogP contribution in [0.4, 0.5) is 5.69 Å². The van der Waals surface area contributed by atoms with Crippen LogP contribution in [0.3, 0.4) is 0 Å². The van der Waals surface area contributed by atoms with Crippen LogP contribution in [0, 0.1) is 0 Å². The Morgan fingerprint density at radius 2 is 2.00 bits per heavy atom. The fourth-order valence-electron chi connectivity index (χ4n) is 1.22. The smallest absolute Gasteiger partial charge is 0.224 e. The maximum Gasteiger partial charge on any atom is 0.224 e. The summed E-state index contributed by atoms with van der Waals surface area (Å²) in [6.45, 7) is -0.545. The minimum atomic E-state index is -3.50. The highest BCUT2D eigenvalue weighted by atomic mass is 32.2. The lowest BCUT2D eigenvalue weighted by Crippen LogP contribution is -2.14. The van der Waals surface area contributed by atoms with Crippen molar-refractivity contribution in [3.05, 3.63) is 24.3 Å². The molecule has 13 heavy (non-hydrogen) atoms. The Hall–Kier alpha value is -1.20. The number of fused-ring (bicyclic) bond motifs is 1. The van der Waals surface area contributed by atoms with E-state index in [-0.39, 0.29) is 9.94 Å². The Balaban J connectivity index is 2.72. The first-order chi connectivity index (χ1) is 6.16. The Bertz CT molecular complexity index is 476. The normalized spacial score (nSPS) is 18.1. The zero-order valence-corrected chi connectivity index (χ0v) is 7.45. The van der Waals surface area contributed by atoms with Crippen LogP contribution >= 0.6 is 0 Å². The molecular formula is C8H7NO3S. The van der Waals surface area contributed by atoms with Crippen molar-refractivity contribution in [3.8, 4) is 0 Å². The van der Waals surface area contributed by atoms with Crippen molar-refractivity contribution in [1.82, 2.24) is 0 Å². The number of nitrogens with zero attached hydrogens (tertiary/aromatic N) is 1. The largest absolute Gasteiger partial charge is 0.389 e. The molecule has 4 nitrogen and oxygen atoms in total. The number of aliphatic hydroxyl groups excluding tert-OH is 1. The maximum absolute atomic E-state index is 11.5. The average Bonchev–Trinajstić information content (AvgIpc) is 2.39. The Morgan fingerprint density at radius 1 is 1.31 bits per heavy atom. The summed E-state index contributed by atoms with van der Waals surface area (Å²) in [5, 5.41) is 8.59. The lowest BCUT2D eigenvalue weighted by atomic mass is 10.3. The van der Waals surface area contributed by atoms with E-state index >= 15 is 0 Å². The molecule has 1 heterocycles. The third-order valence-electron chi connectivity index (χ3n) is 1.85. The van der Waals surface area contributed by atoms with E-state index in [1.54, 1.807) is 18.2 Å². The second-order valence-corrected chi connectivity index (χ2v) is 4.55. The summed E-state index contributed by atoms with van der Waals surface area (Å²) in [5.41, 5.74) is 0.409. The van der Waals surface area contributed by atoms with Gasteiger partial charge in [-0.05, 0) is 12.1 Å². The predicted octanol–water partition coefficient (Wildman–Crippen LogP) is 0.496. The molecule has 68 valence electrons.